The normalized spacial score (nSPS) is 22.8. The molecule has 0 radical (unpaired) electrons. The zero-order valence-electron chi connectivity index (χ0n) is 14.1. The fraction of sp³-hybridized carbons (Fsp3) is 0.765. The smallest absolute Gasteiger partial charge is 0.410 e. The van der Waals surface area contributed by atoms with Gasteiger partial charge in [-0.3, -0.25) is 4.79 Å². The Labute approximate surface area is 133 Å². The number of ether oxygens (including phenoxy) is 1. The Morgan fingerprint density at radius 3 is 2.36 bits per heavy atom. The second-order valence-electron chi connectivity index (χ2n) is 7.58. The molecule has 0 unspecified atom stereocenters. The van der Waals surface area contributed by atoms with Gasteiger partial charge in [0.05, 0.1) is 6.04 Å². The number of carbonyl (C=O) groups excluding carboxylic acids is 2. The van der Waals surface area contributed by atoms with Crippen molar-refractivity contribution in [3.8, 4) is 0 Å². The molecule has 1 aliphatic carbocycles. The number of hydrogen-bond acceptors (Lipinski definition) is 3. The largest absolute Gasteiger partial charge is 0.444 e. The molecular weight excluding hydrogens is 280 g/mol. The van der Waals surface area contributed by atoms with Gasteiger partial charge in [0.1, 0.15) is 5.60 Å². The van der Waals surface area contributed by atoms with Gasteiger partial charge in [-0.15, -0.1) is 0 Å². The van der Waals surface area contributed by atoms with Crippen molar-refractivity contribution in [1.82, 2.24) is 10.2 Å². The van der Waals surface area contributed by atoms with E-state index in [-0.39, 0.29) is 18.0 Å². The van der Waals surface area contributed by atoms with E-state index in [1.165, 1.54) is 18.4 Å². The molecule has 22 heavy (non-hydrogen) atoms. The molecule has 1 aliphatic heterocycles. The number of rotatable bonds is 2. The van der Waals surface area contributed by atoms with Crippen LogP contribution >= 0.6 is 0 Å². The third-order valence-electron chi connectivity index (χ3n) is 4.13. The lowest BCUT2D eigenvalue weighted by Gasteiger charge is -2.39. The Bertz CT molecular complexity index is 449. The summed E-state index contributed by atoms with van der Waals surface area (Å²) in [7, 11) is 0. The van der Waals surface area contributed by atoms with Crippen molar-refractivity contribution < 1.29 is 14.3 Å². The third kappa shape index (κ3) is 5.04. The van der Waals surface area contributed by atoms with Gasteiger partial charge in [0.2, 0.25) is 5.91 Å². The summed E-state index contributed by atoms with van der Waals surface area (Å²) in [6.07, 6.45) is 5.86. The fourth-order valence-electron chi connectivity index (χ4n) is 2.75. The number of allylic oxidation sites excluding steroid dienone is 1. The van der Waals surface area contributed by atoms with Crippen LogP contribution in [-0.4, -0.2) is 41.6 Å². The summed E-state index contributed by atoms with van der Waals surface area (Å²) in [6, 6.07) is 0.0411. The van der Waals surface area contributed by atoms with Crippen LogP contribution in [0.3, 0.4) is 0 Å². The van der Waals surface area contributed by atoms with E-state index in [1.54, 1.807) is 11.0 Å². The lowest BCUT2D eigenvalue weighted by molar-refractivity contribution is -0.118. The third-order valence-corrected chi connectivity index (χ3v) is 4.13. The highest BCUT2D eigenvalue weighted by atomic mass is 16.6. The Hall–Kier alpha value is -1.52. The van der Waals surface area contributed by atoms with Gasteiger partial charge in [0, 0.05) is 19.2 Å². The molecular formula is C17H28N2O3. The lowest BCUT2D eigenvalue weighted by Crippen LogP contribution is -2.61. The molecule has 0 bridgehead atoms. The van der Waals surface area contributed by atoms with Crippen molar-refractivity contribution in [1.29, 1.82) is 0 Å². The highest BCUT2D eigenvalue weighted by molar-refractivity contribution is 5.88. The van der Waals surface area contributed by atoms with Gasteiger partial charge >= 0.3 is 6.09 Å². The molecule has 0 spiro atoms. The van der Waals surface area contributed by atoms with Gasteiger partial charge in [-0.1, -0.05) is 12.5 Å². The standard InChI is InChI=1S/C17H28N2O3/c1-12-5-7-13(8-6-12)9-15(20)18-14-10-19(11-14)16(21)22-17(2,3)4/h9,12,14H,5-8,10-11H2,1-4H3,(H,18,20). The molecule has 2 fully saturated rings. The summed E-state index contributed by atoms with van der Waals surface area (Å²) >= 11 is 0. The Balaban J connectivity index is 1.70. The van der Waals surface area contributed by atoms with E-state index in [1.807, 2.05) is 20.8 Å². The minimum absolute atomic E-state index is 0.0293. The van der Waals surface area contributed by atoms with E-state index < -0.39 is 5.60 Å². The first kappa shape index (κ1) is 16.8. The average Bonchev–Trinajstić information content (AvgIpc) is 2.34. The van der Waals surface area contributed by atoms with Crippen molar-refractivity contribution in [2.24, 2.45) is 5.92 Å². The first-order valence-electron chi connectivity index (χ1n) is 8.21. The first-order chi connectivity index (χ1) is 10.2. The van der Waals surface area contributed by atoms with Gasteiger partial charge < -0.3 is 15.0 Å². The van der Waals surface area contributed by atoms with Crippen LogP contribution in [0.2, 0.25) is 0 Å². The molecule has 0 aromatic rings. The predicted octanol–water partition coefficient (Wildman–Crippen LogP) is 2.86. The summed E-state index contributed by atoms with van der Waals surface area (Å²) in [4.78, 5) is 25.4. The topological polar surface area (TPSA) is 58.6 Å². The second-order valence-corrected chi connectivity index (χ2v) is 7.58. The quantitative estimate of drug-likeness (QED) is 0.798. The molecule has 1 heterocycles. The molecule has 0 aromatic carbocycles. The van der Waals surface area contributed by atoms with E-state index in [9.17, 15) is 9.59 Å². The molecule has 1 N–H and O–H groups in total. The maximum absolute atomic E-state index is 12.0. The molecule has 2 aliphatic rings. The zero-order valence-corrected chi connectivity index (χ0v) is 14.1. The lowest BCUT2D eigenvalue weighted by atomic mass is 9.87. The predicted molar refractivity (Wildman–Crippen MR) is 85.5 cm³/mol. The van der Waals surface area contributed by atoms with Gasteiger partial charge in [0.25, 0.3) is 0 Å². The Morgan fingerprint density at radius 1 is 1.23 bits per heavy atom. The maximum Gasteiger partial charge on any atom is 0.410 e. The molecule has 5 heteroatoms. The molecule has 5 nitrogen and oxygen atoms in total. The van der Waals surface area contributed by atoms with E-state index in [0.29, 0.717) is 13.1 Å². The van der Waals surface area contributed by atoms with Crippen molar-refractivity contribution in [2.75, 3.05) is 13.1 Å². The van der Waals surface area contributed by atoms with Gasteiger partial charge in [-0.05, 0) is 52.4 Å². The molecule has 0 aromatic heterocycles. The number of nitrogens with zero attached hydrogens (tertiary/aromatic N) is 1. The first-order valence-corrected chi connectivity index (χ1v) is 8.21. The van der Waals surface area contributed by atoms with Crippen LogP contribution < -0.4 is 5.32 Å². The van der Waals surface area contributed by atoms with E-state index >= 15 is 0 Å². The molecule has 2 amide bonds. The minimum atomic E-state index is -0.478. The van der Waals surface area contributed by atoms with Crippen LogP contribution in [0.15, 0.2) is 11.6 Å². The molecule has 1 saturated heterocycles. The summed E-state index contributed by atoms with van der Waals surface area (Å²) in [5, 5.41) is 2.96. The summed E-state index contributed by atoms with van der Waals surface area (Å²) in [5.41, 5.74) is 0.771. The zero-order chi connectivity index (χ0) is 16.3. The van der Waals surface area contributed by atoms with Gasteiger partial charge in [-0.2, -0.15) is 0 Å². The van der Waals surface area contributed by atoms with Crippen molar-refractivity contribution in [3.63, 3.8) is 0 Å². The van der Waals surface area contributed by atoms with Gasteiger partial charge in [-0.25, -0.2) is 4.79 Å². The molecule has 124 valence electrons. The maximum atomic E-state index is 12.0. The Kier molecular flexibility index (Phi) is 5.14. The van der Waals surface area contributed by atoms with Crippen LogP contribution in [0.5, 0.6) is 0 Å². The van der Waals surface area contributed by atoms with Crippen LogP contribution in [0.4, 0.5) is 4.79 Å². The van der Waals surface area contributed by atoms with Crippen LogP contribution in [0.25, 0.3) is 0 Å². The van der Waals surface area contributed by atoms with E-state index in [4.69, 9.17) is 4.74 Å². The molecule has 2 rings (SSSR count). The van der Waals surface area contributed by atoms with Crippen LogP contribution in [0, 0.1) is 5.92 Å². The number of hydrogen-bond donors (Lipinski definition) is 1. The summed E-state index contributed by atoms with van der Waals surface area (Å²) in [6.45, 7) is 8.86. The van der Waals surface area contributed by atoms with Crippen LogP contribution in [-0.2, 0) is 9.53 Å². The highest BCUT2D eigenvalue weighted by Gasteiger charge is 2.34. The van der Waals surface area contributed by atoms with Gasteiger partial charge in [0.15, 0.2) is 0 Å². The highest BCUT2D eigenvalue weighted by Crippen LogP contribution is 2.27. The fourth-order valence-corrected chi connectivity index (χ4v) is 2.75. The van der Waals surface area contributed by atoms with E-state index in [2.05, 4.69) is 12.2 Å². The number of carbonyl (C=O) groups is 2. The average molecular weight is 308 g/mol. The van der Waals surface area contributed by atoms with Crippen molar-refractivity contribution in [2.45, 2.75) is 65.0 Å². The molecule has 1 saturated carbocycles. The second kappa shape index (κ2) is 6.71. The Morgan fingerprint density at radius 2 is 1.82 bits per heavy atom. The molecule has 0 atom stereocenters. The summed E-state index contributed by atoms with van der Waals surface area (Å²) in [5.74, 6) is 0.743. The van der Waals surface area contributed by atoms with E-state index in [0.717, 1.165) is 18.8 Å². The summed E-state index contributed by atoms with van der Waals surface area (Å²) < 4.78 is 5.29. The van der Waals surface area contributed by atoms with Crippen LogP contribution in [0.1, 0.15) is 53.4 Å². The number of amides is 2. The SMILES string of the molecule is CC1CCC(=CC(=O)NC2CN(C(=O)OC(C)(C)C)C2)CC1. The number of likely N-dealkylation sites (tertiary alicyclic amines) is 1. The monoisotopic (exact) mass is 308 g/mol. The minimum Gasteiger partial charge on any atom is -0.444 e. The van der Waals surface area contributed by atoms with Crippen molar-refractivity contribution in [3.05, 3.63) is 11.6 Å². The van der Waals surface area contributed by atoms with Crippen molar-refractivity contribution >= 4 is 12.0 Å². The number of nitrogens with one attached hydrogen (secondary N) is 1.